The van der Waals surface area contributed by atoms with Crippen LogP contribution >= 0.6 is 0 Å². The van der Waals surface area contributed by atoms with Crippen LogP contribution in [0.15, 0.2) is 30.3 Å². The van der Waals surface area contributed by atoms with Gasteiger partial charge in [-0.25, -0.2) is 0 Å². The largest absolute Gasteiger partial charge is 0.351 e. The van der Waals surface area contributed by atoms with Gasteiger partial charge >= 0.3 is 0 Å². The van der Waals surface area contributed by atoms with Crippen LogP contribution in [0.5, 0.6) is 0 Å². The van der Waals surface area contributed by atoms with Gasteiger partial charge in [-0.2, -0.15) is 0 Å². The van der Waals surface area contributed by atoms with Gasteiger partial charge in [-0.05, 0) is 23.7 Å². The third kappa shape index (κ3) is 2.85. The molecule has 0 amide bonds. The van der Waals surface area contributed by atoms with Crippen molar-refractivity contribution in [2.24, 2.45) is 0 Å². The van der Waals surface area contributed by atoms with Crippen molar-refractivity contribution in [2.75, 3.05) is 0 Å². The number of benzene rings is 1. The SMILES string of the molecule is CC[Si](C#CC1OC1c1ccccc1)(CC)CC. The number of epoxide rings is 1. The molecule has 0 bridgehead atoms. The van der Waals surface area contributed by atoms with Crippen molar-refractivity contribution < 1.29 is 4.74 Å². The van der Waals surface area contributed by atoms with E-state index >= 15 is 0 Å². The topological polar surface area (TPSA) is 12.5 Å². The Bertz CT molecular complexity index is 431. The van der Waals surface area contributed by atoms with E-state index in [1.807, 2.05) is 6.07 Å². The monoisotopic (exact) mass is 258 g/mol. The molecule has 1 saturated heterocycles. The molecule has 0 spiro atoms. The highest BCUT2D eigenvalue weighted by Gasteiger charge is 2.39. The van der Waals surface area contributed by atoms with Crippen LogP contribution in [0.1, 0.15) is 32.4 Å². The van der Waals surface area contributed by atoms with Gasteiger partial charge in [0.25, 0.3) is 0 Å². The lowest BCUT2D eigenvalue weighted by Crippen LogP contribution is -2.29. The molecule has 1 fully saturated rings. The predicted octanol–water partition coefficient (Wildman–Crippen LogP) is 4.18. The van der Waals surface area contributed by atoms with Gasteiger partial charge in [0.2, 0.25) is 0 Å². The van der Waals surface area contributed by atoms with Crippen LogP contribution in [0.25, 0.3) is 0 Å². The maximum Gasteiger partial charge on any atom is 0.148 e. The van der Waals surface area contributed by atoms with Gasteiger partial charge in [0.05, 0.1) is 0 Å². The van der Waals surface area contributed by atoms with Crippen LogP contribution in [0.3, 0.4) is 0 Å². The minimum atomic E-state index is -1.31. The summed E-state index contributed by atoms with van der Waals surface area (Å²) in [6.45, 7) is 6.86. The lowest BCUT2D eigenvalue weighted by molar-refractivity contribution is 0.397. The Balaban J connectivity index is 2.02. The van der Waals surface area contributed by atoms with Crippen molar-refractivity contribution in [3.63, 3.8) is 0 Å². The van der Waals surface area contributed by atoms with Crippen molar-refractivity contribution >= 4 is 8.07 Å². The maximum atomic E-state index is 5.68. The van der Waals surface area contributed by atoms with Gasteiger partial charge in [-0.15, -0.1) is 5.54 Å². The second-order valence-electron chi connectivity index (χ2n) is 5.00. The van der Waals surface area contributed by atoms with E-state index in [1.165, 1.54) is 23.7 Å². The lowest BCUT2D eigenvalue weighted by atomic mass is 10.1. The van der Waals surface area contributed by atoms with E-state index in [9.17, 15) is 0 Å². The normalized spacial score (nSPS) is 22.2. The average molecular weight is 258 g/mol. The molecule has 1 aromatic rings. The Kier molecular flexibility index (Phi) is 4.26. The zero-order chi connectivity index (χ0) is 13.0. The van der Waals surface area contributed by atoms with Gasteiger partial charge in [0.15, 0.2) is 0 Å². The summed E-state index contributed by atoms with van der Waals surface area (Å²) in [7, 11) is -1.31. The van der Waals surface area contributed by atoms with E-state index in [0.29, 0.717) is 0 Å². The lowest BCUT2D eigenvalue weighted by Gasteiger charge is -2.19. The number of ether oxygens (including phenoxy) is 1. The van der Waals surface area contributed by atoms with Gasteiger partial charge in [0, 0.05) is 0 Å². The summed E-state index contributed by atoms with van der Waals surface area (Å²) in [5.74, 6) is 3.39. The molecule has 0 aliphatic carbocycles. The molecule has 1 nitrogen and oxygen atoms in total. The number of rotatable bonds is 4. The molecule has 2 heteroatoms. The highest BCUT2D eigenvalue weighted by atomic mass is 28.3. The first-order chi connectivity index (χ1) is 8.74. The van der Waals surface area contributed by atoms with Crippen molar-refractivity contribution in [3.05, 3.63) is 35.9 Å². The summed E-state index contributed by atoms with van der Waals surface area (Å²) in [5, 5.41) is 0. The molecule has 0 N–H and O–H groups in total. The van der Waals surface area contributed by atoms with E-state index in [4.69, 9.17) is 4.74 Å². The van der Waals surface area contributed by atoms with Crippen LogP contribution in [-0.4, -0.2) is 14.2 Å². The molecule has 96 valence electrons. The third-order valence-corrected chi connectivity index (χ3v) is 8.86. The Morgan fingerprint density at radius 1 is 1.06 bits per heavy atom. The quantitative estimate of drug-likeness (QED) is 0.448. The molecule has 2 atom stereocenters. The van der Waals surface area contributed by atoms with Crippen molar-refractivity contribution in [3.8, 4) is 11.5 Å². The molecule has 18 heavy (non-hydrogen) atoms. The molecular weight excluding hydrogens is 236 g/mol. The van der Waals surface area contributed by atoms with E-state index in [0.717, 1.165) is 0 Å². The highest BCUT2D eigenvalue weighted by molar-refractivity contribution is 6.87. The van der Waals surface area contributed by atoms with Crippen molar-refractivity contribution in [1.29, 1.82) is 0 Å². The molecule has 2 rings (SSSR count). The van der Waals surface area contributed by atoms with Crippen molar-refractivity contribution in [1.82, 2.24) is 0 Å². The first-order valence-corrected chi connectivity index (χ1v) is 9.60. The summed E-state index contributed by atoms with van der Waals surface area (Å²) in [6.07, 6.45) is 0.361. The summed E-state index contributed by atoms with van der Waals surface area (Å²) >= 11 is 0. The van der Waals surface area contributed by atoms with Crippen molar-refractivity contribution in [2.45, 2.75) is 51.1 Å². The number of hydrogen-bond acceptors (Lipinski definition) is 1. The van der Waals surface area contributed by atoms with Gasteiger partial charge < -0.3 is 4.74 Å². The minimum absolute atomic E-state index is 0.143. The predicted molar refractivity (Wildman–Crippen MR) is 79.0 cm³/mol. The summed E-state index contributed by atoms with van der Waals surface area (Å²) in [4.78, 5) is 0. The molecule has 1 aliphatic heterocycles. The molecule has 0 saturated carbocycles. The maximum absolute atomic E-state index is 5.68. The summed E-state index contributed by atoms with van der Waals surface area (Å²) in [6, 6.07) is 14.2. The zero-order valence-electron chi connectivity index (χ0n) is 11.6. The molecular formula is C16H22OSi. The molecule has 0 aromatic heterocycles. The van der Waals surface area contributed by atoms with Crippen LogP contribution in [0, 0.1) is 11.5 Å². The Hall–Kier alpha value is -1.04. The second-order valence-corrected chi connectivity index (χ2v) is 9.93. The molecule has 1 aliphatic rings. The molecule has 2 unspecified atom stereocenters. The minimum Gasteiger partial charge on any atom is -0.351 e. The Morgan fingerprint density at radius 3 is 2.22 bits per heavy atom. The number of hydrogen-bond donors (Lipinski definition) is 0. The third-order valence-electron chi connectivity index (χ3n) is 4.13. The fourth-order valence-electron chi connectivity index (χ4n) is 2.36. The molecule has 1 heterocycles. The van der Waals surface area contributed by atoms with Gasteiger partial charge in [0.1, 0.15) is 20.3 Å². The van der Waals surface area contributed by atoms with Crippen LogP contribution < -0.4 is 0 Å². The zero-order valence-corrected chi connectivity index (χ0v) is 12.6. The fourth-order valence-corrected chi connectivity index (χ4v) is 4.84. The first-order valence-electron chi connectivity index (χ1n) is 6.97. The molecule has 1 aromatic carbocycles. The smallest absolute Gasteiger partial charge is 0.148 e. The van der Waals surface area contributed by atoms with Crippen LogP contribution in [0.2, 0.25) is 18.1 Å². The standard InChI is InChI=1S/C16H22OSi/c1-4-18(5-2,6-3)13-12-15-16(17-15)14-10-8-7-9-11-14/h7-11,15-16H,4-6H2,1-3H3. The van der Waals surface area contributed by atoms with Crippen LogP contribution in [-0.2, 0) is 4.74 Å². The van der Waals surface area contributed by atoms with Gasteiger partial charge in [-0.3, -0.25) is 0 Å². The highest BCUT2D eigenvalue weighted by Crippen LogP contribution is 2.38. The van der Waals surface area contributed by atoms with E-state index in [-0.39, 0.29) is 12.2 Å². The second kappa shape index (κ2) is 5.73. The van der Waals surface area contributed by atoms with Crippen LogP contribution in [0.4, 0.5) is 0 Å². The molecule has 0 radical (unpaired) electrons. The Labute approximate surface area is 112 Å². The van der Waals surface area contributed by atoms with E-state index in [2.05, 4.69) is 56.5 Å². The summed E-state index contributed by atoms with van der Waals surface area (Å²) < 4.78 is 5.68. The Morgan fingerprint density at radius 2 is 1.67 bits per heavy atom. The summed E-state index contributed by atoms with van der Waals surface area (Å²) in [5.41, 5.74) is 4.87. The van der Waals surface area contributed by atoms with E-state index < -0.39 is 8.07 Å². The fraction of sp³-hybridized carbons (Fsp3) is 0.500. The van der Waals surface area contributed by atoms with Gasteiger partial charge in [-0.1, -0.05) is 57.0 Å². The average Bonchev–Trinajstić information content (AvgIpc) is 3.22. The first kappa shape index (κ1) is 13.4. The van der Waals surface area contributed by atoms with E-state index in [1.54, 1.807) is 0 Å².